The van der Waals surface area contributed by atoms with Gasteiger partial charge in [0.25, 0.3) is 11.8 Å². The number of nitrogens with zero attached hydrogens (tertiary/aromatic N) is 4. The molecule has 0 saturated carbocycles. The Balaban J connectivity index is 1.37. The number of fused-ring (bicyclic) bond motifs is 1. The Morgan fingerprint density at radius 3 is 2.40 bits per heavy atom. The highest BCUT2D eigenvalue weighted by Gasteiger charge is 2.31. The van der Waals surface area contributed by atoms with Gasteiger partial charge in [-0.25, -0.2) is 4.99 Å². The first kappa shape index (κ1) is 30.1. The molecule has 5 rings (SSSR count). The lowest BCUT2D eigenvalue weighted by molar-refractivity contribution is -0.140. The van der Waals surface area contributed by atoms with E-state index in [4.69, 9.17) is 9.73 Å². The summed E-state index contributed by atoms with van der Waals surface area (Å²) in [5.41, 5.74) is 2.55. The molecule has 2 aromatic carbocycles. The smallest absolute Gasteiger partial charge is 0.257 e. The largest absolute Gasteiger partial charge is 0.490 e. The van der Waals surface area contributed by atoms with E-state index in [1.165, 1.54) is 4.90 Å². The summed E-state index contributed by atoms with van der Waals surface area (Å²) in [5, 5.41) is 6.06. The highest BCUT2D eigenvalue weighted by atomic mass is 16.5. The van der Waals surface area contributed by atoms with Crippen LogP contribution in [0.15, 0.2) is 47.5 Å². The number of benzene rings is 2. The molecule has 11 nitrogen and oxygen atoms in total. The number of nitrogens with one attached hydrogen (secondary N) is 2. The van der Waals surface area contributed by atoms with Gasteiger partial charge in [0.1, 0.15) is 17.9 Å². The SMILES string of the molecule is CC1Cc2cc(NC(=N[C@@H]3CCCCN(CC(=O)N4CCCC4)C3=O)NC(=O)c3ccc(C(=O)N(C)C)cc3)ccc2O1. The Hall–Kier alpha value is -4.41. The second-order valence-corrected chi connectivity index (χ2v) is 11.6. The van der Waals surface area contributed by atoms with Crippen LogP contribution >= 0.6 is 0 Å². The summed E-state index contributed by atoms with van der Waals surface area (Å²) < 4.78 is 5.82. The maximum absolute atomic E-state index is 13.6. The van der Waals surface area contributed by atoms with Gasteiger partial charge in [-0.1, -0.05) is 0 Å². The number of carbonyl (C=O) groups is 4. The zero-order valence-corrected chi connectivity index (χ0v) is 25.1. The lowest BCUT2D eigenvalue weighted by Gasteiger charge is -2.25. The van der Waals surface area contributed by atoms with Crippen molar-refractivity contribution < 1.29 is 23.9 Å². The van der Waals surface area contributed by atoms with Crippen LogP contribution in [0.2, 0.25) is 0 Å². The highest BCUT2D eigenvalue weighted by Crippen LogP contribution is 2.31. The van der Waals surface area contributed by atoms with Gasteiger partial charge in [0.15, 0.2) is 0 Å². The van der Waals surface area contributed by atoms with E-state index >= 15 is 0 Å². The number of anilines is 1. The molecule has 2 aromatic rings. The van der Waals surface area contributed by atoms with E-state index in [1.807, 2.05) is 30.0 Å². The quantitative estimate of drug-likeness (QED) is 0.395. The van der Waals surface area contributed by atoms with Gasteiger partial charge in [-0.2, -0.15) is 0 Å². The fourth-order valence-electron chi connectivity index (χ4n) is 5.68. The monoisotopic (exact) mass is 588 g/mol. The van der Waals surface area contributed by atoms with Crippen LogP contribution in [0.25, 0.3) is 0 Å². The van der Waals surface area contributed by atoms with Crippen molar-refractivity contribution in [2.45, 2.75) is 57.6 Å². The molecule has 2 fully saturated rings. The molecule has 2 atom stereocenters. The van der Waals surface area contributed by atoms with Gasteiger partial charge in [-0.15, -0.1) is 0 Å². The van der Waals surface area contributed by atoms with Crippen LogP contribution in [0.3, 0.4) is 0 Å². The van der Waals surface area contributed by atoms with Crippen molar-refractivity contribution in [2.24, 2.45) is 4.99 Å². The average Bonchev–Trinajstić information content (AvgIpc) is 3.63. The van der Waals surface area contributed by atoms with Crippen LogP contribution in [0.1, 0.15) is 65.3 Å². The third-order valence-electron chi connectivity index (χ3n) is 8.01. The van der Waals surface area contributed by atoms with Crippen LogP contribution < -0.4 is 15.4 Å². The zero-order valence-electron chi connectivity index (χ0n) is 25.1. The first-order valence-electron chi connectivity index (χ1n) is 15.0. The van der Waals surface area contributed by atoms with Crippen molar-refractivity contribution in [1.82, 2.24) is 20.0 Å². The first-order chi connectivity index (χ1) is 20.7. The standard InChI is InChI=1S/C32H40N6O5/c1-21-18-24-19-25(13-14-27(24)43-21)33-32(35-29(40)22-9-11-23(12-10-22)30(41)36(2)3)34-26-8-4-5-17-38(31(26)42)20-28(39)37-15-6-7-16-37/h9-14,19,21,26H,4-8,15-18,20H2,1-3H3,(H2,33,34,35,40)/t21?,26-/m1/s1. The fraction of sp³-hybridized carbons (Fsp3) is 0.469. The molecule has 0 bridgehead atoms. The van der Waals surface area contributed by atoms with E-state index in [2.05, 4.69) is 10.6 Å². The van der Waals surface area contributed by atoms with E-state index in [0.717, 1.165) is 56.5 Å². The van der Waals surface area contributed by atoms with Crippen LogP contribution in [-0.2, 0) is 16.0 Å². The highest BCUT2D eigenvalue weighted by molar-refractivity contribution is 6.11. The molecular weight excluding hydrogens is 548 g/mol. The third kappa shape index (κ3) is 7.33. The molecule has 0 aliphatic carbocycles. The number of aliphatic imine (C=N–C) groups is 1. The van der Waals surface area contributed by atoms with Gasteiger partial charge in [-0.3, -0.25) is 24.5 Å². The molecule has 0 radical (unpaired) electrons. The van der Waals surface area contributed by atoms with Gasteiger partial charge in [0, 0.05) is 57.0 Å². The molecule has 2 N–H and O–H groups in total. The molecule has 228 valence electrons. The van der Waals surface area contributed by atoms with E-state index in [0.29, 0.717) is 29.8 Å². The summed E-state index contributed by atoms with van der Waals surface area (Å²) in [5.74, 6) is 0.108. The predicted octanol–water partition coefficient (Wildman–Crippen LogP) is 2.91. The minimum absolute atomic E-state index is 0.0343. The summed E-state index contributed by atoms with van der Waals surface area (Å²) in [6, 6.07) is 11.3. The van der Waals surface area contributed by atoms with E-state index < -0.39 is 11.9 Å². The van der Waals surface area contributed by atoms with Crippen molar-refractivity contribution >= 4 is 35.3 Å². The molecule has 0 spiro atoms. The van der Waals surface area contributed by atoms with Crippen LogP contribution in [0, 0.1) is 0 Å². The van der Waals surface area contributed by atoms with Gasteiger partial charge < -0.3 is 24.8 Å². The second-order valence-electron chi connectivity index (χ2n) is 11.6. The predicted molar refractivity (Wildman–Crippen MR) is 163 cm³/mol. The van der Waals surface area contributed by atoms with Gasteiger partial charge in [0.05, 0.1) is 6.54 Å². The molecule has 3 heterocycles. The zero-order chi connectivity index (χ0) is 30.5. The number of ether oxygens (including phenoxy) is 1. The molecule has 4 amide bonds. The Labute approximate surface area is 252 Å². The summed E-state index contributed by atoms with van der Waals surface area (Å²) in [4.78, 5) is 61.8. The van der Waals surface area contributed by atoms with Crippen LogP contribution in [0.5, 0.6) is 5.75 Å². The Kier molecular flexibility index (Phi) is 9.27. The van der Waals surface area contributed by atoms with Gasteiger partial charge in [0.2, 0.25) is 17.8 Å². The lowest BCUT2D eigenvalue weighted by Crippen LogP contribution is -2.45. The van der Waals surface area contributed by atoms with E-state index in [1.54, 1.807) is 43.3 Å². The van der Waals surface area contributed by atoms with Crippen LogP contribution in [-0.4, -0.2) is 96.7 Å². The fourth-order valence-corrected chi connectivity index (χ4v) is 5.68. The normalized spacial score (nSPS) is 20.3. The molecule has 1 unspecified atom stereocenters. The topological polar surface area (TPSA) is 124 Å². The summed E-state index contributed by atoms with van der Waals surface area (Å²) >= 11 is 0. The van der Waals surface area contributed by atoms with Crippen molar-refractivity contribution in [3.05, 3.63) is 59.2 Å². The van der Waals surface area contributed by atoms with E-state index in [9.17, 15) is 19.2 Å². The summed E-state index contributed by atoms with van der Waals surface area (Å²) in [6.07, 6.45) is 4.88. The maximum atomic E-state index is 13.6. The minimum Gasteiger partial charge on any atom is -0.490 e. The second kappa shape index (κ2) is 13.3. The van der Waals surface area contributed by atoms with Crippen LogP contribution in [0.4, 0.5) is 5.69 Å². The molecule has 2 saturated heterocycles. The summed E-state index contributed by atoms with van der Waals surface area (Å²) in [7, 11) is 3.34. The molecule has 3 aliphatic heterocycles. The minimum atomic E-state index is -0.755. The molecule has 3 aliphatic rings. The molecule has 11 heteroatoms. The van der Waals surface area contributed by atoms with Crippen molar-refractivity contribution in [3.63, 3.8) is 0 Å². The van der Waals surface area contributed by atoms with Crippen molar-refractivity contribution in [1.29, 1.82) is 0 Å². The number of amides is 4. The Morgan fingerprint density at radius 2 is 1.67 bits per heavy atom. The Bertz CT molecular complexity index is 1400. The number of rotatable bonds is 6. The average molecular weight is 589 g/mol. The number of hydrogen-bond donors (Lipinski definition) is 2. The third-order valence-corrected chi connectivity index (χ3v) is 8.01. The summed E-state index contributed by atoms with van der Waals surface area (Å²) in [6.45, 7) is 4.02. The number of hydrogen-bond acceptors (Lipinski definition) is 6. The van der Waals surface area contributed by atoms with E-state index in [-0.39, 0.29) is 36.3 Å². The number of guanidine groups is 1. The van der Waals surface area contributed by atoms with Gasteiger partial charge in [-0.05, 0) is 87.1 Å². The molecular formula is C32H40N6O5. The first-order valence-corrected chi connectivity index (χ1v) is 15.0. The lowest BCUT2D eigenvalue weighted by atomic mass is 10.1. The molecule has 0 aromatic heterocycles. The number of likely N-dealkylation sites (tertiary alicyclic amines) is 2. The molecule has 43 heavy (non-hydrogen) atoms. The van der Waals surface area contributed by atoms with Gasteiger partial charge >= 0.3 is 0 Å². The van der Waals surface area contributed by atoms with Crippen molar-refractivity contribution in [2.75, 3.05) is 45.6 Å². The Morgan fingerprint density at radius 1 is 0.977 bits per heavy atom. The van der Waals surface area contributed by atoms with Crippen molar-refractivity contribution in [3.8, 4) is 5.75 Å². The number of carbonyl (C=O) groups excluding carboxylic acids is 4. The maximum Gasteiger partial charge on any atom is 0.257 e.